The van der Waals surface area contributed by atoms with Crippen LogP contribution >= 0.6 is 0 Å². The molecule has 2 atom stereocenters. The number of ether oxygens (including phenoxy) is 2. The van der Waals surface area contributed by atoms with Crippen LogP contribution in [-0.4, -0.2) is 32.6 Å². The second-order valence-corrected chi connectivity index (χ2v) is 7.04. The van der Waals surface area contributed by atoms with Gasteiger partial charge in [0.1, 0.15) is 5.41 Å². The van der Waals surface area contributed by atoms with Gasteiger partial charge in [-0.1, -0.05) is 60.7 Å². The monoisotopic (exact) mass is 363 g/mol. The molecule has 1 fully saturated rings. The number of hydrogen-bond donors (Lipinski definition) is 0. The predicted molar refractivity (Wildman–Crippen MR) is 101 cm³/mol. The average Bonchev–Trinajstić information content (AvgIpc) is 2.93. The molecule has 0 aromatic heterocycles. The highest BCUT2D eigenvalue weighted by Crippen LogP contribution is 2.58. The molecule has 27 heavy (non-hydrogen) atoms. The zero-order valence-corrected chi connectivity index (χ0v) is 15.4. The van der Waals surface area contributed by atoms with E-state index < -0.39 is 17.0 Å². The van der Waals surface area contributed by atoms with E-state index in [4.69, 9.17) is 9.47 Å². The average molecular weight is 363 g/mol. The zero-order valence-electron chi connectivity index (χ0n) is 15.4. The first-order valence-electron chi connectivity index (χ1n) is 8.81. The molecule has 0 unspecified atom stereocenters. The van der Waals surface area contributed by atoms with E-state index in [1.165, 1.54) is 7.11 Å². The molecule has 2 aromatic rings. The first kappa shape index (κ1) is 17.5. The molecular weight excluding hydrogens is 342 g/mol. The van der Waals surface area contributed by atoms with Crippen molar-refractivity contribution in [3.8, 4) is 0 Å². The van der Waals surface area contributed by atoms with Crippen molar-refractivity contribution in [2.24, 2.45) is 0 Å². The van der Waals surface area contributed by atoms with E-state index in [9.17, 15) is 9.59 Å². The molecule has 0 bridgehead atoms. The number of benzene rings is 2. The van der Waals surface area contributed by atoms with Crippen LogP contribution in [0.5, 0.6) is 0 Å². The minimum absolute atomic E-state index is 0.208. The number of amides is 1. The van der Waals surface area contributed by atoms with Crippen LogP contribution in [-0.2, 0) is 30.1 Å². The van der Waals surface area contributed by atoms with Gasteiger partial charge in [-0.25, -0.2) is 0 Å². The summed E-state index contributed by atoms with van der Waals surface area (Å²) in [4.78, 5) is 28.5. The van der Waals surface area contributed by atoms with Crippen LogP contribution in [0.2, 0.25) is 0 Å². The van der Waals surface area contributed by atoms with E-state index >= 15 is 0 Å². The number of fused-ring (bicyclic) bond motifs is 2. The van der Waals surface area contributed by atoms with Crippen molar-refractivity contribution in [3.05, 3.63) is 77.9 Å². The molecule has 1 spiro atoms. The summed E-state index contributed by atoms with van der Waals surface area (Å²) in [6.07, 6.45) is 0.275. The van der Waals surface area contributed by atoms with Crippen molar-refractivity contribution >= 4 is 17.6 Å². The third-order valence-electron chi connectivity index (χ3n) is 5.66. The summed E-state index contributed by atoms with van der Waals surface area (Å²) in [6, 6.07) is 16.7. The molecule has 1 amide bonds. The number of anilines is 1. The Morgan fingerprint density at radius 2 is 1.81 bits per heavy atom. The van der Waals surface area contributed by atoms with E-state index in [0.29, 0.717) is 11.1 Å². The lowest BCUT2D eigenvalue weighted by Gasteiger charge is -2.48. The van der Waals surface area contributed by atoms with Gasteiger partial charge < -0.3 is 14.4 Å². The molecule has 2 aliphatic heterocycles. The largest absolute Gasteiger partial charge is 0.468 e. The summed E-state index contributed by atoms with van der Waals surface area (Å²) in [5, 5.41) is 0. The van der Waals surface area contributed by atoms with Gasteiger partial charge in [-0.3, -0.25) is 9.59 Å². The first-order valence-corrected chi connectivity index (χ1v) is 8.81. The fourth-order valence-electron chi connectivity index (χ4n) is 4.50. The van der Waals surface area contributed by atoms with Crippen LogP contribution in [0, 0.1) is 0 Å². The number of para-hydroxylation sites is 1. The molecule has 0 saturated carbocycles. The number of carbonyl (C=O) groups excluding carboxylic acids is 2. The topological polar surface area (TPSA) is 55.8 Å². The Morgan fingerprint density at radius 3 is 2.52 bits per heavy atom. The fourth-order valence-corrected chi connectivity index (χ4v) is 4.50. The van der Waals surface area contributed by atoms with Crippen LogP contribution in [0.3, 0.4) is 0 Å². The molecule has 0 radical (unpaired) electrons. The van der Waals surface area contributed by atoms with E-state index in [1.54, 1.807) is 11.9 Å². The maximum atomic E-state index is 13.6. The summed E-state index contributed by atoms with van der Waals surface area (Å²) in [6.45, 7) is 4.26. The molecule has 4 rings (SSSR count). The molecule has 138 valence electrons. The van der Waals surface area contributed by atoms with Crippen molar-refractivity contribution in [1.29, 1.82) is 0 Å². The van der Waals surface area contributed by atoms with E-state index in [0.717, 1.165) is 11.3 Å². The van der Waals surface area contributed by atoms with Crippen LogP contribution in [0.25, 0.3) is 0 Å². The normalized spacial score (nSPS) is 27.0. The van der Waals surface area contributed by atoms with Gasteiger partial charge in [-0.15, -0.1) is 0 Å². The predicted octanol–water partition coefficient (Wildman–Crippen LogP) is 2.95. The molecule has 5 nitrogen and oxygen atoms in total. The van der Waals surface area contributed by atoms with Crippen molar-refractivity contribution < 1.29 is 19.1 Å². The second-order valence-electron chi connectivity index (χ2n) is 7.04. The second kappa shape index (κ2) is 6.06. The summed E-state index contributed by atoms with van der Waals surface area (Å²) >= 11 is 0. The van der Waals surface area contributed by atoms with Crippen LogP contribution < -0.4 is 4.90 Å². The van der Waals surface area contributed by atoms with Gasteiger partial charge in [0.05, 0.1) is 19.4 Å². The first-order chi connectivity index (χ1) is 13.0. The van der Waals surface area contributed by atoms with Crippen LogP contribution in [0.4, 0.5) is 5.69 Å². The molecule has 2 aromatic carbocycles. The highest BCUT2D eigenvalue weighted by Gasteiger charge is 2.70. The number of methoxy groups -OCH3 is 1. The summed E-state index contributed by atoms with van der Waals surface area (Å²) in [7, 11) is 3.04. The van der Waals surface area contributed by atoms with Gasteiger partial charge in [0.15, 0.2) is 5.60 Å². The molecule has 2 heterocycles. The number of carbonyl (C=O) groups is 2. The van der Waals surface area contributed by atoms with Gasteiger partial charge in [0.25, 0.3) is 5.91 Å². The Kier molecular flexibility index (Phi) is 3.93. The van der Waals surface area contributed by atoms with Gasteiger partial charge >= 0.3 is 5.97 Å². The van der Waals surface area contributed by atoms with Gasteiger partial charge in [-0.2, -0.15) is 0 Å². The summed E-state index contributed by atoms with van der Waals surface area (Å²) < 4.78 is 11.5. The lowest BCUT2D eigenvalue weighted by molar-refractivity contribution is -0.181. The van der Waals surface area contributed by atoms with Gasteiger partial charge in [0.2, 0.25) is 0 Å². The Labute approximate surface area is 158 Å². The van der Waals surface area contributed by atoms with Crippen molar-refractivity contribution in [2.75, 3.05) is 25.7 Å². The van der Waals surface area contributed by atoms with E-state index in [2.05, 4.69) is 6.58 Å². The van der Waals surface area contributed by atoms with Gasteiger partial charge in [0, 0.05) is 12.6 Å². The molecule has 0 aliphatic carbocycles. The van der Waals surface area contributed by atoms with Crippen LogP contribution in [0.1, 0.15) is 17.5 Å². The maximum absolute atomic E-state index is 13.6. The zero-order chi connectivity index (χ0) is 19.2. The van der Waals surface area contributed by atoms with Crippen LogP contribution in [0.15, 0.2) is 66.7 Å². The lowest BCUT2D eigenvalue weighted by Crippen LogP contribution is -2.63. The Morgan fingerprint density at radius 1 is 1.15 bits per heavy atom. The quantitative estimate of drug-likeness (QED) is 0.608. The number of esters is 1. The SMILES string of the molecule is C=C1CO[C@@]2(C(=O)N(C)c3ccccc32)[C@](C(=O)OC)(c2ccccc2)C1. The summed E-state index contributed by atoms with van der Waals surface area (Å²) in [5.41, 5.74) is -0.00563. The Balaban J connectivity index is 2.10. The number of hydrogen-bond acceptors (Lipinski definition) is 4. The van der Waals surface area contributed by atoms with Crippen molar-refractivity contribution in [2.45, 2.75) is 17.4 Å². The molecular formula is C22H21NO4. The smallest absolute Gasteiger partial charge is 0.320 e. The highest BCUT2D eigenvalue weighted by molar-refractivity contribution is 6.11. The van der Waals surface area contributed by atoms with Gasteiger partial charge in [-0.05, 0) is 18.1 Å². The minimum atomic E-state index is -1.49. The minimum Gasteiger partial charge on any atom is -0.468 e. The van der Waals surface area contributed by atoms with Crippen molar-refractivity contribution in [1.82, 2.24) is 0 Å². The van der Waals surface area contributed by atoms with Crippen molar-refractivity contribution in [3.63, 3.8) is 0 Å². The Bertz CT molecular complexity index is 938. The standard InChI is InChI=1S/C22H21NO4/c1-15-13-21(20(25)26-3,16-9-5-4-6-10-16)22(27-14-15)17-11-7-8-12-18(17)23(2)19(22)24/h4-12H,1,13-14H2,2-3H3/t21-,22-/m0/s1. The summed E-state index contributed by atoms with van der Waals surface area (Å²) in [5.74, 6) is -0.779. The highest BCUT2D eigenvalue weighted by atomic mass is 16.5. The maximum Gasteiger partial charge on any atom is 0.320 e. The molecule has 1 saturated heterocycles. The Hall–Kier alpha value is -2.92. The lowest BCUT2D eigenvalue weighted by atomic mass is 9.60. The third kappa shape index (κ3) is 2.09. The van der Waals surface area contributed by atoms with E-state index in [-0.39, 0.29) is 18.9 Å². The number of rotatable bonds is 2. The molecule has 0 N–H and O–H groups in total. The molecule has 5 heteroatoms. The number of nitrogens with zero attached hydrogens (tertiary/aromatic N) is 1. The van der Waals surface area contributed by atoms with E-state index in [1.807, 2.05) is 54.6 Å². The fraction of sp³-hybridized carbons (Fsp3) is 0.273. The number of likely N-dealkylation sites (N-methyl/N-ethyl adjacent to an activating group) is 1. The third-order valence-corrected chi connectivity index (χ3v) is 5.66. The molecule has 2 aliphatic rings.